The number of carbonyl (C=O) groups is 2. The topological polar surface area (TPSA) is 63.6 Å². The van der Waals surface area contributed by atoms with E-state index in [2.05, 4.69) is 0 Å². The average molecular weight is 381 g/mol. The first-order valence-corrected chi connectivity index (χ1v) is 9.13. The number of allylic oxidation sites excluding steroid dienone is 2. The molecule has 4 nitrogen and oxygen atoms in total. The van der Waals surface area contributed by atoms with Crippen LogP contribution in [0.4, 0.5) is 0 Å². The maximum absolute atomic E-state index is 12.9. The quantitative estimate of drug-likeness (QED) is 0.293. The molecule has 0 spiro atoms. The van der Waals surface area contributed by atoms with E-state index >= 15 is 0 Å². The highest BCUT2D eigenvalue weighted by Crippen LogP contribution is 2.37. The number of carbonyl (C=O) groups excluding carboxylic acids is 1. The van der Waals surface area contributed by atoms with Crippen molar-refractivity contribution in [2.24, 2.45) is 11.8 Å². The Morgan fingerprint density at radius 1 is 0.926 bits per heavy atom. The lowest BCUT2D eigenvalue weighted by Crippen LogP contribution is -2.33. The number of rotatable bonds is 3. The zero-order valence-electron chi connectivity index (χ0n) is 14.4. The van der Waals surface area contributed by atoms with Crippen molar-refractivity contribution in [2.45, 2.75) is 12.8 Å². The molecule has 0 fully saturated rings. The average Bonchev–Trinajstić information content (AvgIpc) is 2.68. The minimum absolute atomic E-state index is 0.331. The molecule has 5 heteroatoms. The first kappa shape index (κ1) is 17.6. The summed E-state index contributed by atoms with van der Waals surface area (Å²) in [4.78, 5) is 24.4. The minimum atomic E-state index is -0.980. The summed E-state index contributed by atoms with van der Waals surface area (Å²) in [5, 5.41) is 13.3. The van der Waals surface area contributed by atoms with Gasteiger partial charge in [0, 0.05) is 15.8 Å². The SMILES string of the molecule is O=C(O)C1CC=CCC1C(=O)Oc1c2ccccc2cc2ccc(Cl)cc12. The Balaban J connectivity index is 1.82. The van der Waals surface area contributed by atoms with Gasteiger partial charge in [-0.2, -0.15) is 0 Å². The Labute approximate surface area is 161 Å². The van der Waals surface area contributed by atoms with Crippen LogP contribution < -0.4 is 4.74 Å². The van der Waals surface area contributed by atoms with Crippen LogP contribution in [0.25, 0.3) is 21.5 Å². The van der Waals surface area contributed by atoms with Gasteiger partial charge in [-0.25, -0.2) is 0 Å². The maximum Gasteiger partial charge on any atom is 0.315 e. The summed E-state index contributed by atoms with van der Waals surface area (Å²) in [6.45, 7) is 0. The molecule has 0 saturated heterocycles. The second kappa shape index (κ2) is 7.05. The molecule has 136 valence electrons. The van der Waals surface area contributed by atoms with Crippen LogP contribution in [0.5, 0.6) is 5.75 Å². The summed E-state index contributed by atoms with van der Waals surface area (Å²) >= 11 is 6.16. The third-order valence-electron chi connectivity index (χ3n) is 5.03. The van der Waals surface area contributed by atoms with Crippen LogP contribution in [0.3, 0.4) is 0 Å². The summed E-state index contributed by atoms with van der Waals surface area (Å²) in [6, 6.07) is 15.1. The van der Waals surface area contributed by atoms with Crippen LogP contribution in [0.2, 0.25) is 5.02 Å². The first-order valence-electron chi connectivity index (χ1n) is 8.75. The van der Waals surface area contributed by atoms with Crippen LogP contribution in [-0.4, -0.2) is 17.0 Å². The van der Waals surface area contributed by atoms with E-state index in [1.807, 2.05) is 42.5 Å². The number of aliphatic carboxylic acids is 1. The highest BCUT2D eigenvalue weighted by molar-refractivity contribution is 6.31. The van der Waals surface area contributed by atoms with E-state index in [0.717, 1.165) is 21.5 Å². The number of esters is 1. The molecule has 0 bridgehead atoms. The second-order valence-corrected chi connectivity index (χ2v) is 7.14. The number of hydrogen-bond donors (Lipinski definition) is 1. The highest BCUT2D eigenvalue weighted by atomic mass is 35.5. The van der Waals surface area contributed by atoms with Crippen molar-refractivity contribution in [3.05, 3.63) is 65.7 Å². The van der Waals surface area contributed by atoms with Gasteiger partial charge in [0.2, 0.25) is 0 Å². The van der Waals surface area contributed by atoms with E-state index in [1.54, 1.807) is 18.2 Å². The molecule has 3 aromatic rings. The number of benzene rings is 3. The summed E-state index contributed by atoms with van der Waals surface area (Å²) in [6.07, 6.45) is 4.33. The lowest BCUT2D eigenvalue weighted by molar-refractivity contribution is -0.152. The second-order valence-electron chi connectivity index (χ2n) is 6.71. The van der Waals surface area contributed by atoms with Crippen molar-refractivity contribution >= 4 is 45.1 Å². The van der Waals surface area contributed by atoms with Crippen LogP contribution in [0.15, 0.2) is 60.7 Å². The van der Waals surface area contributed by atoms with Crippen molar-refractivity contribution in [2.75, 3.05) is 0 Å². The minimum Gasteiger partial charge on any atom is -0.481 e. The lowest BCUT2D eigenvalue weighted by Gasteiger charge is -2.24. The number of ether oxygens (including phenoxy) is 1. The third-order valence-corrected chi connectivity index (χ3v) is 5.27. The fourth-order valence-corrected chi connectivity index (χ4v) is 3.80. The Morgan fingerprint density at radius 3 is 2.41 bits per heavy atom. The number of carboxylic acid groups (broad SMARTS) is 1. The van der Waals surface area contributed by atoms with Crippen molar-refractivity contribution in [1.82, 2.24) is 0 Å². The molecular formula is C22H17ClO4. The van der Waals surface area contributed by atoms with Gasteiger partial charge < -0.3 is 9.84 Å². The fourth-order valence-electron chi connectivity index (χ4n) is 3.63. The molecule has 0 aromatic heterocycles. The molecule has 0 radical (unpaired) electrons. The molecule has 1 aliphatic carbocycles. The monoisotopic (exact) mass is 380 g/mol. The van der Waals surface area contributed by atoms with Crippen molar-refractivity contribution in [3.8, 4) is 5.75 Å². The lowest BCUT2D eigenvalue weighted by atomic mass is 9.83. The number of fused-ring (bicyclic) bond motifs is 2. The zero-order valence-corrected chi connectivity index (χ0v) is 15.1. The number of hydrogen-bond acceptors (Lipinski definition) is 3. The molecule has 1 N–H and O–H groups in total. The van der Waals surface area contributed by atoms with Crippen LogP contribution in [0.1, 0.15) is 12.8 Å². The van der Waals surface area contributed by atoms with Crippen LogP contribution in [0, 0.1) is 11.8 Å². The van der Waals surface area contributed by atoms with E-state index in [9.17, 15) is 14.7 Å². The molecular weight excluding hydrogens is 364 g/mol. The van der Waals surface area contributed by atoms with E-state index in [-0.39, 0.29) is 0 Å². The van der Waals surface area contributed by atoms with Gasteiger partial charge >= 0.3 is 11.9 Å². The van der Waals surface area contributed by atoms with Gasteiger partial charge in [0.05, 0.1) is 11.8 Å². The Bertz CT molecular complexity index is 1090. The molecule has 2 unspecified atom stereocenters. The summed E-state index contributed by atoms with van der Waals surface area (Å²) < 4.78 is 5.82. The van der Waals surface area contributed by atoms with Crippen LogP contribution in [-0.2, 0) is 9.59 Å². The molecule has 0 heterocycles. The van der Waals surface area contributed by atoms with Crippen molar-refractivity contribution < 1.29 is 19.4 Å². The highest BCUT2D eigenvalue weighted by Gasteiger charge is 2.35. The van der Waals surface area contributed by atoms with Gasteiger partial charge in [-0.05, 0) is 41.8 Å². The molecule has 1 aliphatic rings. The Morgan fingerprint density at radius 2 is 1.63 bits per heavy atom. The fraction of sp³-hybridized carbons (Fsp3) is 0.182. The van der Waals surface area contributed by atoms with Gasteiger partial charge in [-0.15, -0.1) is 0 Å². The molecule has 0 saturated carbocycles. The maximum atomic E-state index is 12.9. The molecule has 2 atom stereocenters. The first-order chi connectivity index (χ1) is 13.0. The van der Waals surface area contributed by atoms with E-state index < -0.39 is 23.8 Å². The van der Waals surface area contributed by atoms with Crippen molar-refractivity contribution in [1.29, 1.82) is 0 Å². The van der Waals surface area contributed by atoms with Gasteiger partial charge in [-0.1, -0.05) is 54.1 Å². The van der Waals surface area contributed by atoms with Gasteiger partial charge in [-0.3, -0.25) is 9.59 Å². The van der Waals surface area contributed by atoms with Gasteiger partial charge in [0.15, 0.2) is 0 Å². The molecule has 3 aromatic carbocycles. The van der Waals surface area contributed by atoms with E-state index in [4.69, 9.17) is 16.3 Å². The molecule has 4 rings (SSSR count). The van der Waals surface area contributed by atoms with Crippen LogP contribution >= 0.6 is 11.6 Å². The van der Waals surface area contributed by atoms with E-state index in [1.165, 1.54) is 0 Å². The van der Waals surface area contributed by atoms with Gasteiger partial charge in [0.25, 0.3) is 0 Å². The Hall–Kier alpha value is -2.85. The van der Waals surface area contributed by atoms with E-state index in [0.29, 0.717) is 23.6 Å². The molecule has 27 heavy (non-hydrogen) atoms. The largest absolute Gasteiger partial charge is 0.481 e. The summed E-state index contributed by atoms with van der Waals surface area (Å²) in [5.74, 6) is -2.56. The summed E-state index contributed by atoms with van der Waals surface area (Å²) in [7, 11) is 0. The number of carboxylic acids is 1. The standard InChI is InChI=1S/C22H17ClO4/c23-15-10-9-14-11-13-5-1-2-6-16(13)20(19(14)12-15)27-22(26)18-8-4-3-7-17(18)21(24)25/h1-6,9-12,17-18H,7-8H2,(H,24,25). The molecule has 0 aliphatic heterocycles. The molecule has 0 amide bonds. The predicted octanol–water partition coefficient (Wildman–Crippen LogP) is 5.22. The predicted molar refractivity (Wildman–Crippen MR) is 105 cm³/mol. The smallest absolute Gasteiger partial charge is 0.315 e. The number of halogens is 1. The zero-order chi connectivity index (χ0) is 19.0. The third kappa shape index (κ3) is 3.28. The Kier molecular flexibility index (Phi) is 4.58. The van der Waals surface area contributed by atoms with Crippen molar-refractivity contribution in [3.63, 3.8) is 0 Å². The summed E-state index contributed by atoms with van der Waals surface area (Å²) in [5.41, 5.74) is 0. The van der Waals surface area contributed by atoms with Gasteiger partial charge in [0.1, 0.15) is 5.75 Å². The normalized spacial score (nSPS) is 19.3.